The minimum Gasteiger partial charge on any atom is -0.458 e. The van der Waals surface area contributed by atoms with Gasteiger partial charge in [0.2, 0.25) is 0 Å². The smallest absolute Gasteiger partial charge is 0.354 e. The van der Waals surface area contributed by atoms with Gasteiger partial charge in [-0.15, -0.1) is 0 Å². The monoisotopic (exact) mass is 352 g/mol. The van der Waals surface area contributed by atoms with Crippen molar-refractivity contribution in [2.75, 3.05) is 0 Å². The second-order valence-corrected chi connectivity index (χ2v) is 6.03. The molecule has 0 N–H and O–H groups in total. The standard InChI is InChI=1S/C17H14Cl2O4/c18-17(19,15(20)22-11-13-7-3-1-4-8-13)16(21)23-12-14-9-5-2-6-10-14/h1-10H,11-12H2. The Morgan fingerprint density at radius 3 is 1.43 bits per heavy atom. The van der Waals surface area contributed by atoms with Crippen LogP contribution in [0.2, 0.25) is 0 Å². The summed E-state index contributed by atoms with van der Waals surface area (Å²) in [5.74, 6) is -2.13. The molecule has 0 bridgehead atoms. The average molecular weight is 353 g/mol. The van der Waals surface area contributed by atoms with Crippen LogP contribution in [-0.2, 0) is 32.3 Å². The molecule has 0 aliphatic heterocycles. The summed E-state index contributed by atoms with van der Waals surface area (Å²) in [5, 5.41) is 0. The maximum Gasteiger partial charge on any atom is 0.354 e. The fraction of sp³-hybridized carbons (Fsp3) is 0.176. The van der Waals surface area contributed by atoms with Crippen LogP contribution in [0.3, 0.4) is 0 Å². The third-order valence-corrected chi connectivity index (χ3v) is 3.56. The molecule has 120 valence electrons. The van der Waals surface area contributed by atoms with Gasteiger partial charge in [0.25, 0.3) is 0 Å². The van der Waals surface area contributed by atoms with Gasteiger partial charge in [-0.2, -0.15) is 0 Å². The summed E-state index contributed by atoms with van der Waals surface area (Å²) in [7, 11) is 0. The van der Waals surface area contributed by atoms with Gasteiger partial charge in [-0.3, -0.25) is 0 Å². The fourth-order valence-corrected chi connectivity index (χ4v) is 1.93. The van der Waals surface area contributed by atoms with Crippen molar-refractivity contribution in [3.8, 4) is 0 Å². The first-order valence-electron chi connectivity index (χ1n) is 6.80. The SMILES string of the molecule is O=C(OCc1ccccc1)C(Cl)(Cl)C(=O)OCc1ccccc1. The second kappa shape index (κ2) is 7.99. The molecule has 6 heteroatoms. The number of esters is 2. The summed E-state index contributed by atoms with van der Waals surface area (Å²) in [6.07, 6.45) is 0. The van der Waals surface area contributed by atoms with Gasteiger partial charge in [0.1, 0.15) is 13.2 Å². The number of hydrogen-bond donors (Lipinski definition) is 0. The number of benzene rings is 2. The molecule has 0 saturated carbocycles. The topological polar surface area (TPSA) is 52.6 Å². The van der Waals surface area contributed by atoms with Crippen molar-refractivity contribution in [1.29, 1.82) is 0 Å². The Kier molecular flexibility index (Phi) is 6.02. The Morgan fingerprint density at radius 1 is 0.739 bits per heavy atom. The van der Waals surface area contributed by atoms with E-state index < -0.39 is 16.3 Å². The van der Waals surface area contributed by atoms with E-state index in [0.29, 0.717) is 0 Å². The van der Waals surface area contributed by atoms with Gasteiger partial charge < -0.3 is 9.47 Å². The molecule has 0 saturated heterocycles. The van der Waals surface area contributed by atoms with Gasteiger partial charge in [-0.05, 0) is 11.1 Å². The second-order valence-electron chi connectivity index (χ2n) is 4.70. The van der Waals surface area contributed by atoms with Crippen LogP contribution in [0.4, 0.5) is 0 Å². The largest absolute Gasteiger partial charge is 0.458 e. The molecular formula is C17H14Cl2O4. The normalized spacial score (nSPS) is 10.9. The molecule has 0 aliphatic rings. The molecular weight excluding hydrogens is 339 g/mol. The van der Waals surface area contributed by atoms with Gasteiger partial charge in [0.05, 0.1) is 0 Å². The van der Waals surface area contributed by atoms with E-state index >= 15 is 0 Å². The lowest BCUT2D eigenvalue weighted by molar-refractivity contribution is -0.157. The summed E-state index contributed by atoms with van der Waals surface area (Å²) in [6.45, 7) is -0.0698. The summed E-state index contributed by atoms with van der Waals surface area (Å²) in [6, 6.07) is 17.9. The number of carbonyl (C=O) groups is 2. The molecule has 0 aromatic heterocycles. The number of ether oxygens (including phenoxy) is 2. The number of halogens is 2. The van der Waals surface area contributed by atoms with Gasteiger partial charge in [-0.25, -0.2) is 9.59 Å². The lowest BCUT2D eigenvalue weighted by atomic mass is 10.2. The quantitative estimate of drug-likeness (QED) is 0.452. The summed E-state index contributed by atoms with van der Waals surface area (Å²) >= 11 is 11.6. The molecule has 4 nitrogen and oxygen atoms in total. The van der Waals surface area contributed by atoms with E-state index in [1.165, 1.54) is 0 Å². The van der Waals surface area contributed by atoms with E-state index in [4.69, 9.17) is 32.7 Å². The molecule has 2 aromatic rings. The predicted octanol–water partition coefficient (Wildman–Crippen LogP) is 3.65. The van der Waals surface area contributed by atoms with Gasteiger partial charge >= 0.3 is 16.3 Å². The molecule has 0 atom stereocenters. The average Bonchev–Trinajstić information content (AvgIpc) is 2.59. The predicted molar refractivity (Wildman–Crippen MR) is 86.9 cm³/mol. The van der Waals surface area contributed by atoms with Crippen molar-refractivity contribution in [3.05, 3.63) is 71.8 Å². The molecule has 0 aliphatic carbocycles. The minimum absolute atomic E-state index is 0.0349. The molecule has 0 fully saturated rings. The van der Waals surface area contributed by atoms with Crippen molar-refractivity contribution in [3.63, 3.8) is 0 Å². The van der Waals surface area contributed by atoms with Crippen LogP contribution in [0.1, 0.15) is 11.1 Å². The highest BCUT2D eigenvalue weighted by Gasteiger charge is 2.46. The van der Waals surface area contributed by atoms with Crippen LogP contribution >= 0.6 is 23.2 Å². The zero-order valence-corrected chi connectivity index (χ0v) is 13.6. The summed E-state index contributed by atoms with van der Waals surface area (Å²) in [4.78, 5) is 23.8. The van der Waals surface area contributed by atoms with Gasteiger partial charge in [-0.1, -0.05) is 83.9 Å². The van der Waals surface area contributed by atoms with Gasteiger partial charge in [0, 0.05) is 0 Å². The number of carbonyl (C=O) groups excluding carboxylic acids is 2. The van der Waals surface area contributed by atoms with Crippen LogP contribution in [0.25, 0.3) is 0 Å². The van der Waals surface area contributed by atoms with Crippen LogP contribution in [0.15, 0.2) is 60.7 Å². The lowest BCUT2D eigenvalue weighted by Crippen LogP contribution is -2.38. The summed E-state index contributed by atoms with van der Waals surface area (Å²) < 4.78 is 7.53. The highest BCUT2D eigenvalue weighted by Crippen LogP contribution is 2.26. The van der Waals surface area contributed by atoms with E-state index in [1.54, 1.807) is 48.5 Å². The number of alkyl halides is 2. The molecule has 0 unspecified atom stereocenters. The molecule has 0 radical (unpaired) electrons. The van der Waals surface area contributed by atoms with Crippen LogP contribution in [-0.4, -0.2) is 16.3 Å². The van der Waals surface area contributed by atoms with Crippen molar-refractivity contribution in [2.24, 2.45) is 0 Å². The Balaban J connectivity index is 1.88. The van der Waals surface area contributed by atoms with Crippen molar-refractivity contribution in [1.82, 2.24) is 0 Å². The Morgan fingerprint density at radius 2 is 1.09 bits per heavy atom. The van der Waals surface area contributed by atoms with Crippen LogP contribution in [0.5, 0.6) is 0 Å². The highest BCUT2D eigenvalue weighted by molar-refractivity contribution is 6.66. The summed E-state index contributed by atoms with van der Waals surface area (Å²) in [5.41, 5.74) is 1.50. The third-order valence-electron chi connectivity index (χ3n) is 2.94. The molecule has 0 heterocycles. The molecule has 0 amide bonds. The molecule has 0 spiro atoms. The van der Waals surface area contributed by atoms with Crippen LogP contribution < -0.4 is 0 Å². The van der Waals surface area contributed by atoms with E-state index in [1.807, 2.05) is 12.1 Å². The molecule has 2 rings (SSSR count). The third kappa shape index (κ3) is 4.98. The lowest BCUT2D eigenvalue weighted by Gasteiger charge is -2.16. The molecule has 2 aromatic carbocycles. The first-order valence-corrected chi connectivity index (χ1v) is 7.56. The number of hydrogen-bond acceptors (Lipinski definition) is 4. The Bertz CT molecular complexity index is 599. The fourth-order valence-electron chi connectivity index (χ4n) is 1.71. The molecule has 23 heavy (non-hydrogen) atoms. The Hall–Kier alpha value is -2.04. The zero-order valence-electron chi connectivity index (χ0n) is 12.1. The first kappa shape index (κ1) is 17.3. The van der Waals surface area contributed by atoms with Crippen molar-refractivity contribution < 1.29 is 19.1 Å². The minimum atomic E-state index is -2.40. The maximum atomic E-state index is 11.9. The van der Waals surface area contributed by atoms with E-state index in [0.717, 1.165) is 11.1 Å². The zero-order chi connectivity index (χ0) is 16.7. The Labute approximate surface area is 143 Å². The first-order chi connectivity index (χ1) is 11.0. The van der Waals surface area contributed by atoms with Crippen molar-refractivity contribution >= 4 is 35.1 Å². The van der Waals surface area contributed by atoms with Gasteiger partial charge in [0.15, 0.2) is 0 Å². The van der Waals surface area contributed by atoms with Crippen LogP contribution in [0, 0.1) is 0 Å². The maximum absolute atomic E-state index is 11.9. The van der Waals surface area contributed by atoms with E-state index in [9.17, 15) is 9.59 Å². The van der Waals surface area contributed by atoms with E-state index in [2.05, 4.69) is 0 Å². The van der Waals surface area contributed by atoms with E-state index in [-0.39, 0.29) is 13.2 Å². The van der Waals surface area contributed by atoms with Crippen molar-refractivity contribution in [2.45, 2.75) is 17.5 Å². The highest BCUT2D eigenvalue weighted by atomic mass is 35.5. The number of rotatable bonds is 6.